The molecule has 0 aromatic carbocycles. The molecule has 1 fully saturated rings. The minimum absolute atomic E-state index is 0.0249. The molecule has 0 radical (unpaired) electrons. The lowest BCUT2D eigenvalue weighted by Crippen LogP contribution is -2.35. The smallest absolute Gasteiger partial charge is 0.329 e. The fraction of sp³-hybridized carbons (Fsp3) is 0.636. The molecule has 1 aromatic rings. The molecule has 7 heteroatoms. The minimum atomic E-state index is -0.423. The molecule has 1 aliphatic rings. The topological polar surface area (TPSA) is 84.2 Å². The highest BCUT2D eigenvalue weighted by Crippen LogP contribution is 2.29. The van der Waals surface area contributed by atoms with Crippen LogP contribution >= 0.6 is 0 Å². The van der Waals surface area contributed by atoms with Gasteiger partial charge in [-0.15, -0.1) is 0 Å². The third kappa shape index (κ3) is 2.49. The molecule has 0 amide bonds. The molecule has 1 atom stereocenters. The second-order valence-electron chi connectivity index (χ2n) is 4.60. The molecular formula is C11H17N5O2. The summed E-state index contributed by atoms with van der Waals surface area (Å²) in [6.07, 6.45) is 3.47. The molecule has 1 unspecified atom stereocenters. The van der Waals surface area contributed by atoms with Crippen molar-refractivity contribution in [3.05, 3.63) is 16.3 Å². The van der Waals surface area contributed by atoms with E-state index in [0.29, 0.717) is 17.7 Å². The van der Waals surface area contributed by atoms with Crippen LogP contribution in [0.1, 0.15) is 19.8 Å². The number of nitro groups is 1. The molecule has 0 saturated carbocycles. The van der Waals surface area contributed by atoms with Crippen molar-refractivity contribution in [3.8, 4) is 0 Å². The van der Waals surface area contributed by atoms with E-state index in [4.69, 9.17) is 0 Å². The largest absolute Gasteiger partial charge is 0.357 e. The van der Waals surface area contributed by atoms with Gasteiger partial charge < -0.3 is 10.2 Å². The minimum Gasteiger partial charge on any atom is -0.357 e. The summed E-state index contributed by atoms with van der Waals surface area (Å²) in [5, 5.41) is 13.8. The highest BCUT2D eigenvalue weighted by molar-refractivity contribution is 5.59. The van der Waals surface area contributed by atoms with Gasteiger partial charge in [0.2, 0.25) is 11.8 Å². The molecule has 0 spiro atoms. The zero-order chi connectivity index (χ0) is 13.1. The predicted molar refractivity (Wildman–Crippen MR) is 68.8 cm³/mol. The lowest BCUT2D eigenvalue weighted by atomic mass is 10.0. The van der Waals surface area contributed by atoms with Crippen molar-refractivity contribution in [1.82, 2.24) is 9.97 Å². The Morgan fingerprint density at radius 3 is 3.00 bits per heavy atom. The Kier molecular flexibility index (Phi) is 3.59. The first-order chi connectivity index (χ1) is 8.61. The van der Waals surface area contributed by atoms with Gasteiger partial charge in [-0.25, -0.2) is 4.98 Å². The second kappa shape index (κ2) is 5.16. The average Bonchev–Trinajstić information content (AvgIpc) is 2.38. The Balaban J connectivity index is 2.36. The van der Waals surface area contributed by atoms with E-state index in [1.807, 2.05) is 4.90 Å². The van der Waals surface area contributed by atoms with Gasteiger partial charge in [-0.2, -0.15) is 4.98 Å². The van der Waals surface area contributed by atoms with Gasteiger partial charge in [0.15, 0.2) is 0 Å². The summed E-state index contributed by atoms with van der Waals surface area (Å²) in [5.41, 5.74) is -0.0249. The summed E-state index contributed by atoms with van der Waals surface area (Å²) in [4.78, 5) is 20.7. The normalized spacial score (nSPS) is 19.7. The Morgan fingerprint density at radius 1 is 1.61 bits per heavy atom. The molecule has 18 heavy (non-hydrogen) atoms. The number of hydrogen-bond acceptors (Lipinski definition) is 6. The van der Waals surface area contributed by atoms with Gasteiger partial charge in [0.25, 0.3) is 0 Å². The Labute approximate surface area is 105 Å². The maximum absolute atomic E-state index is 11.0. The maximum Gasteiger partial charge on any atom is 0.329 e. The van der Waals surface area contributed by atoms with Crippen molar-refractivity contribution < 1.29 is 4.92 Å². The fourth-order valence-electron chi connectivity index (χ4n) is 2.23. The zero-order valence-electron chi connectivity index (χ0n) is 10.6. The SMILES string of the molecule is CNc1ncc([N+](=O)[O-])c(N2CCCC(C)C2)n1. The molecule has 1 saturated heterocycles. The van der Waals surface area contributed by atoms with Crippen molar-refractivity contribution in [2.45, 2.75) is 19.8 Å². The third-order valence-corrected chi connectivity index (χ3v) is 3.13. The summed E-state index contributed by atoms with van der Waals surface area (Å²) in [7, 11) is 1.70. The standard InChI is InChI=1S/C11H17N5O2/c1-8-4-3-5-15(7-8)10-9(16(17)18)6-13-11(12-2)14-10/h6,8H,3-5,7H2,1-2H3,(H,12,13,14). The van der Waals surface area contributed by atoms with Crippen LogP contribution in [0.3, 0.4) is 0 Å². The molecule has 1 aromatic heterocycles. The lowest BCUT2D eigenvalue weighted by molar-refractivity contribution is -0.384. The van der Waals surface area contributed by atoms with Crippen LogP contribution in [-0.2, 0) is 0 Å². The fourth-order valence-corrected chi connectivity index (χ4v) is 2.23. The Bertz CT molecular complexity index is 451. The average molecular weight is 251 g/mol. The van der Waals surface area contributed by atoms with E-state index >= 15 is 0 Å². The van der Waals surface area contributed by atoms with E-state index in [9.17, 15) is 10.1 Å². The highest BCUT2D eigenvalue weighted by Gasteiger charge is 2.26. The van der Waals surface area contributed by atoms with Crippen molar-refractivity contribution >= 4 is 17.5 Å². The van der Waals surface area contributed by atoms with Gasteiger partial charge in [0, 0.05) is 20.1 Å². The molecule has 1 aliphatic heterocycles. The molecule has 0 bridgehead atoms. The molecule has 98 valence electrons. The van der Waals surface area contributed by atoms with E-state index in [-0.39, 0.29) is 5.69 Å². The number of anilines is 2. The number of nitrogens with one attached hydrogen (secondary N) is 1. The van der Waals surface area contributed by atoms with Gasteiger partial charge in [-0.3, -0.25) is 10.1 Å². The van der Waals surface area contributed by atoms with Crippen molar-refractivity contribution in [2.75, 3.05) is 30.4 Å². The lowest BCUT2D eigenvalue weighted by Gasteiger charge is -2.31. The first kappa shape index (κ1) is 12.5. The van der Waals surface area contributed by atoms with Crippen molar-refractivity contribution in [2.24, 2.45) is 5.92 Å². The van der Waals surface area contributed by atoms with Crippen LogP contribution in [-0.4, -0.2) is 35.0 Å². The van der Waals surface area contributed by atoms with Crippen LogP contribution in [0.5, 0.6) is 0 Å². The summed E-state index contributed by atoms with van der Waals surface area (Å²) in [6, 6.07) is 0. The van der Waals surface area contributed by atoms with E-state index < -0.39 is 4.92 Å². The second-order valence-corrected chi connectivity index (χ2v) is 4.60. The monoisotopic (exact) mass is 251 g/mol. The summed E-state index contributed by atoms with van der Waals surface area (Å²) in [6.45, 7) is 3.77. The molecule has 2 rings (SSSR count). The van der Waals surface area contributed by atoms with E-state index in [0.717, 1.165) is 25.9 Å². The van der Waals surface area contributed by atoms with Gasteiger partial charge in [-0.1, -0.05) is 6.92 Å². The van der Waals surface area contributed by atoms with Gasteiger partial charge >= 0.3 is 5.69 Å². The van der Waals surface area contributed by atoms with E-state index in [2.05, 4.69) is 22.2 Å². The molecule has 1 N–H and O–H groups in total. The Morgan fingerprint density at radius 2 is 2.39 bits per heavy atom. The van der Waals surface area contributed by atoms with Crippen molar-refractivity contribution in [1.29, 1.82) is 0 Å². The van der Waals surface area contributed by atoms with Crippen molar-refractivity contribution in [3.63, 3.8) is 0 Å². The molecule has 0 aliphatic carbocycles. The number of hydrogen-bond donors (Lipinski definition) is 1. The maximum atomic E-state index is 11.0. The first-order valence-electron chi connectivity index (χ1n) is 6.06. The predicted octanol–water partition coefficient (Wildman–Crippen LogP) is 1.66. The Hall–Kier alpha value is -1.92. The number of rotatable bonds is 3. The van der Waals surface area contributed by atoms with Crippen LogP contribution in [0.25, 0.3) is 0 Å². The van der Waals surface area contributed by atoms with Crippen LogP contribution in [0, 0.1) is 16.0 Å². The van der Waals surface area contributed by atoms with E-state index in [1.165, 1.54) is 6.20 Å². The van der Waals surface area contributed by atoms with Crippen LogP contribution in [0.15, 0.2) is 6.20 Å². The van der Waals surface area contributed by atoms with Gasteiger partial charge in [-0.05, 0) is 18.8 Å². The quantitative estimate of drug-likeness (QED) is 0.649. The summed E-state index contributed by atoms with van der Waals surface area (Å²) < 4.78 is 0. The number of nitrogens with zero attached hydrogens (tertiary/aromatic N) is 4. The van der Waals surface area contributed by atoms with Crippen LogP contribution < -0.4 is 10.2 Å². The first-order valence-corrected chi connectivity index (χ1v) is 6.06. The van der Waals surface area contributed by atoms with E-state index in [1.54, 1.807) is 7.05 Å². The summed E-state index contributed by atoms with van der Waals surface area (Å²) >= 11 is 0. The molecule has 2 heterocycles. The highest BCUT2D eigenvalue weighted by atomic mass is 16.6. The number of aromatic nitrogens is 2. The molecular weight excluding hydrogens is 234 g/mol. The zero-order valence-corrected chi connectivity index (χ0v) is 10.6. The van der Waals surface area contributed by atoms with Gasteiger partial charge in [0.05, 0.1) is 4.92 Å². The van der Waals surface area contributed by atoms with Crippen LogP contribution in [0.2, 0.25) is 0 Å². The molecule has 7 nitrogen and oxygen atoms in total. The third-order valence-electron chi connectivity index (χ3n) is 3.13. The van der Waals surface area contributed by atoms with Gasteiger partial charge in [0.1, 0.15) is 6.20 Å². The number of piperidine rings is 1. The van der Waals surface area contributed by atoms with Crippen LogP contribution in [0.4, 0.5) is 17.5 Å². The summed E-state index contributed by atoms with van der Waals surface area (Å²) in [5.74, 6) is 1.37.